The van der Waals surface area contributed by atoms with Crippen molar-refractivity contribution in [2.75, 3.05) is 0 Å². The summed E-state index contributed by atoms with van der Waals surface area (Å²) >= 11 is 0. The molecule has 0 atom stereocenters. The third-order valence-electron chi connectivity index (χ3n) is 5.86. The van der Waals surface area contributed by atoms with Gasteiger partial charge in [0.1, 0.15) is 0 Å². The first kappa shape index (κ1) is 20.5. The van der Waals surface area contributed by atoms with Crippen molar-refractivity contribution in [1.29, 1.82) is 0 Å². The van der Waals surface area contributed by atoms with Gasteiger partial charge in [-0.15, -0.1) is 0 Å². The summed E-state index contributed by atoms with van der Waals surface area (Å²) in [6.45, 7) is 8.96. The van der Waals surface area contributed by atoms with Crippen molar-refractivity contribution >= 4 is 5.69 Å². The molecule has 0 saturated carbocycles. The van der Waals surface area contributed by atoms with Crippen LogP contribution in [0.2, 0.25) is 0 Å². The van der Waals surface area contributed by atoms with Crippen LogP contribution in [-0.4, -0.2) is 14.7 Å². The third-order valence-corrected chi connectivity index (χ3v) is 5.86. The molecule has 0 spiro atoms. The second kappa shape index (κ2) is 8.19. The average molecular weight is 412 g/mol. The molecule has 4 aromatic rings. The van der Waals surface area contributed by atoms with E-state index in [9.17, 15) is 10.1 Å². The maximum absolute atomic E-state index is 11.0. The molecule has 0 N–H and O–H groups in total. The van der Waals surface area contributed by atoms with Crippen LogP contribution in [0, 0.1) is 37.8 Å². The van der Waals surface area contributed by atoms with Gasteiger partial charge in [0, 0.05) is 23.3 Å². The average Bonchev–Trinajstić information content (AvgIpc) is 3.16. The van der Waals surface area contributed by atoms with E-state index in [2.05, 4.69) is 70.2 Å². The number of aromatic nitrogens is 2. The first-order valence-electron chi connectivity index (χ1n) is 10.3. The van der Waals surface area contributed by atoms with Gasteiger partial charge < -0.3 is 0 Å². The van der Waals surface area contributed by atoms with Gasteiger partial charge in [-0.3, -0.25) is 14.8 Å². The lowest BCUT2D eigenvalue weighted by molar-refractivity contribution is -0.384. The number of benzene rings is 3. The molecule has 0 aliphatic carbocycles. The Balaban J connectivity index is 1.79. The number of hydrogen-bond acceptors (Lipinski definition) is 3. The van der Waals surface area contributed by atoms with Gasteiger partial charge in [0.2, 0.25) is 0 Å². The van der Waals surface area contributed by atoms with Crippen LogP contribution in [0.15, 0.2) is 66.7 Å². The predicted octanol–water partition coefficient (Wildman–Crippen LogP) is 6.41. The Bertz CT molecular complexity index is 1270. The van der Waals surface area contributed by atoms with Gasteiger partial charge in [-0.25, -0.2) is 0 Å². The fourth-order valence-corrected chi connectivity index (χ4v) is 3.61. The Morgan fingerprint density at radius 2 is 1.35 bits per heavy atom. The van der Waals surface area contributed by atoms with Gasteiger partial charge >= 0.3 is 0 Å². The number of nitro groups is 1. The number of non-ortho nitro benzene ring substituents is 1. The smallest absolute Gasteiger partial charge is 0.260 e. The zero-order valence-corrected chi connectivity index (χ0v) is 18.2. The number of aryl methyl sites for hydroxylation is 4. The normalized spacial score (nSPS) is 11.0. The molecule has 0 amide bonds. The summed E-state index contributed by atoms with van der Waals surface area (Å²) in [5, 5.41) is 15.9. The number of nitro benzene ring substituents is 1. The molecule has 0 unspecified atom stereocenters. The van der Waals surface area contributed by atoms with Crippen molar-refractivity contribution < 1.29 is 4.92 Å². The summed E-state index contributed by atoms with van der Waals surface area (Å²) in [7, 11) is 0. The van der Waals surface area contributed by atoms with Crippen LogP contribution in [0.3, 0.4) is 0 Å². The Kier molecular flexibility index (Phi) is 5.42. The molecular formula is C26H25N3O2. The topological polar surface area (TPSA) is 61.0 Å². The highest BCUT2D eigenvalue weighted by molar-refractivity contribution is 5.70. The van der Waals surface area contributed by atoms with Crippen LogP contribution in [0.4, 0.5) is 5.69 Å². The van der Waals surface area contributed by atoms with Crippen LogP contribution in [0.25, 0.3) is 22.5 Å². The van der Waals surface area contributed by atoms with E-state index in [0.29, 0.717) is 6.54 Å². The van der Waals surface area contributed by atoms with Crippen molar-refractivity contribution in [3.05, 3.63) is 105 Å². The fourth-order valence-electron chi connectivity index (χ4n) is 3.61. The van der Waals surface area contributed by atoms with Crippen LogP contribution >= 0.6 is 0 Å². The van der Waals surface area contributed by atoms with Crippen molar-refractivity contribution in [3.63, 3.8) is 0 Å². The monoisotopic (exact) mass is 411 g/mol. The van der Waals surface area contributed by atoms with E-state index in [-0.39, 0.29) is 10.6 Å². The zero-order valence-electron chi connectivity index (χ0n) is 18.2. The lowest BCUT2D eigenvalue weighted by Crippen LogP contribution is -2.04. The molecule has 0 aliphatic heterocycles. The van der Waals surface area contributed by atoms with E-state index >= 15 is 0 Å². The molecule has 1 heterocycles. The molecule has 0 fully saturated rings. The van der Waals surface area contributed by atoms with Crippen molar-refractivity contribution in [2.45, 2.75) is 34.2 Å². The van der Waals surface area contributed by atoms with E-state index in [1.807, 2.05) is 4.68 Å². The molecule has 3 aromatic carbocycles. The standard InChI is InChI=1S/C26H25N3O2/c1-17-5-9-22(13-19(17)3)25-15-26(23-10-6-18(2)20(4)14-23)28(27-25)16-21-7-11-24(12-8-21)29(30)31/h5-15H,16H2,1-4H3. The Morgan fingerprint density at radius 1 is 0.774 bits per heavy atom. The van der Waals surface area contributed by atoms with Crippen molar-refractivity contribution in [1.82, 2.24) is 9.78 Å². The molecule has 31 heavy (non-hydrogen) atoms. The largest absolute Gasteiger partial charge is 0.269 e. The highest BCUT2D eigenvalue weighted by Crippen LogP contribution is 2.29. The fraction of sp³-hybridized carbons (Fsp3) is 0.192. The van der Waals surface area contributed by atoms with Gasteiger partial charge in [-0.1, -0.05) is 36.4 Å². The summed E-state index contributed by atoms with van der Waals surface area (Å²) < 4.78 is 1.98. The second-order valence-electron chi connectivity index (χ2n) is 8.09. The highest BCUT2D eigenvalue weighted by atomic mass is 16.6. The molecule has 0 radical (unpaired) electrons. The predicted molar refractivity (Wildman–Crippen MR) is 124 cm³/mol. The molecule has 0 saturated heterocycles. The number of nitrogens with zero attached hydrogens (tertiary/aromatic N) is 3. The summed E-state index contributed by atoms with van der Waals surface area (Å²) in [6, 6.07) is 21.6. The van der Waals surface area contributed by atoms with Crippen LogP contribution in [-0.2, 0) is 6.54 Å². The maximum atomic E-state index is 11.0. The molecule has 5 heteroatoms. The van der Waals surface area contributed by atoms with Gasteiger partial charge in [0.25, 0.3) is 5.69 Å². The van der Waals surface area contributed by atoms with E-state index in [1.54, 1.807) is 24.3 Å². The highest BCUT2D eigenvalue weighted by Gasteiger charge is 2.14. The first-order chi connectivity index (χ1) is 14.8. The van der Waals surface area contributed by atoms with E-state index in [0.717, 1.165) is 28.1 Å². The minimum absolute atomic E-state index is 0.0921. The second-order valence-corrected chi connectivity index (χ2v) is 8.09. The van der Waals surface area contributed by atoms with Crippen LogP contribution in [0.1, 0.15) is 27.8 Å². The summed E-state index contributed by atoms with van der Waals surface area (Å²) in [5.41, 5.74) is 10.1. The molecule has 156 valence electrons. The quantitative estimate of drug-likeness (QED) is 0.282. The summed E-state index contributed by atoms with van der Waals surface area (Å²) in [6.07, 6.45) is 0. The molecule has 4 rings (SSSR count). The summed E-state index contributed by atoms with van der Waals surface area (Å²) in [4.78, 5) is 10.6. The molecular weight excluding hydrogens is 386 g/mol. The van der Waals surface area contributed by atoms with Gasteiger partial charge in [-0.05, 0) is 73.7 Å². The van der Waals surface area contributed by atoms with Crippen molar-refractivity contribution in [3.8, 4) is 22.5 Å². The lowest BCUT2D eigenvalue weighted by Gasteiger charge is -2.09. The Morgan fingerprint density at radius 3 is 1.94 bits per heavy atom. The minimum atomic E-state index is -0.379. The first-order valence-corrected chi connectivity index (χ1v) is 10.3. The molecule has 5 nitrogen and oxygen atoms in total. The van der Waals surface area contributed by atoms with Gasteiger partial charge in [0.05, 0.1) is 22.9 Å². The molecule has 0 aliphatic rings. The van der Waals surface area contributed by atoms with Crippen LogP contribution in [0.5, 0.6) is 0 Å². The SMILES string of the molecule is Cc1ccc(-c2cc(-c3ccc(C)c(C)c3)n(Cc3ccc([N+](=O)[O-])cc3)n2)cc1C. The van der Waals surface area contributed by atoms with Crippen molar-refractivity contribution in [2.24, 2.45) is 0 Å². The van der Waals surface area contributed by atoms with E-state index in [4.69, 9.17) is 5.10 Å². The maximum Gasteiger partial charge on any atom is 0.269 e. The molecule has 1 aromatic heterocycles. The summed E-state index contributed by atoms with van der Waals surface area (Å²) in [5.74, 6) is 0. The number of hydrogen-bond donors (Lipinski definition) is 0. The third kappa shape index (κ3) is 4.26. The molecule has 0 bridgehead atoms. The van der Waals surface area contributed by atoms with Gasteiger partial charge in [0.15, 0.2) is 0 Å². The zero-order chi connectivity index (χ0) is 22.1. The van der Waals surface area contributed by atoms with E-state index < -0.39 is 0 Å². The van der Waals surface area contributed by atoms with E-state index in [1.165, 1.54) is 22.3 Å². The minimum Gasteiger partial charge on any atom is -0.260 e. The van der Waals surface area contributed by atoms with Crippen LogP contribution < -0.4 is 0 Å². The lowest BCUT2D eigenvalue weighted by atomic mass is 10.0. The Labute approximate surface area is 182 Å². The van der Waals surface area contributed by atoms with Gasteiger partial charge in [-0.2, -0.15) is 5.10 Å². The Hall–Kier alpha value is -3.73. The number of rotatable bonds is 5.